The number of carbonyl (C=O) groups excluding carboxylic acids is 1. The third-order valence-electron chi connectivity index (χ3n) is 2.62. The Balaban J connectivity index is 2.48. The van der Waals surface area contributed by atoms with E-state index in [9.17, 15) is 9.59 Å². The number of aliphatic carboxylic acids is 1. The summed E-state index contributed by atoms with van der Waals surface area (Å²) in [6.07, 6.45) is 3.46. The van der Waals surface area contributed by atoms with E-state index in [1.54, 1.807) is 38.4 Å². The van der Waals surface area contributed by atoms with Gasteiger partial charge in [-0.25, -0.2) is 0 Å². The van der Waals surface area contributed by atoms with Gasteiger partial charge in [-0.05, 0) is 25.5 Å². The average Bonchev–Trinajstić information content (AvgIpc) is 2.28. The molecule has 2 N–H and O–H groups in total. The number of carboxylic acid groups (broad SMARTS) is 1. The molecule has 1 heterocycles. The van der Waals surface area contributed by atoms with Gasteiger partial charge in [0.25, 0.3) is 0 Å². The summed E-state index contributed by atoms with van der Waals surface area (Å²) in [5.74, 6) is -1.72. The van der Waals surface area contributed by atoms with Crippen molar-refractivity contribution in [2.24, 2.45) is 5.92 Å². The number of hydrogen-bond donors (Lipinski definition) is 2. The zero-order valence-electron chi connectivity index (χ0n) is 9.88. The fourth-order valence-electron chi connectivity index (χ4n) is 1.33. The van der Waals surface area contributed by atoms with Crippen LogP contribution in [-0.2, 0) is 16.0 Å². The van der Waals surface area contributed by atoms with Crippen molar-refractivity contribution >= 4 is 11.9 Å². The zero-order valence-corrected chi connectivity index (χ0v) is 9.88. The highest BCUT2D eigenvalue weighted by molar-refractivity contribution is 5.79. The summed E-state index contributed by atoms with van der Waals surface area (Å²) < 4.78 is 0. The van der Waals surface area contributed by atoms with E-state index in [1.165, 1.54) is 0 Å². The van der Waals surface area contributed by atoms with Crippen LogP contribution in [0.3, 0.4) is 0 Å². The third-order valence-corrected chi connectivity index (χ3v) is 2.62. The summed E-state index contributed by atoms with van der Waals surface area (Å²) >= 11 is 0. The molecule has 1 rings (SSSR count). The largest absolute Gasteiger partial charge is 0.481 e. The Morgan fingerprint density at radius 1 is 1.47 bits per heavy atom. The number of carboxylic acids is 1. The van der Waals surface area contributed by atoms with Crippen molar-refractivity contribution in [3.63, 3.8) is 0 Å². The predicted molar refractivity (Wildman–Crippen MR) is 62.3 cm³/mol. The predicted octanol–water partition coefficient (Wildman–Crippen LogP) is 0.849. The molecule has 0 fully saturated rings. The molecule has 2 atom stereocenters. The molecular formula is C12H16N2O3. The first-order valence-corrected chi connectivity index (χ1v) is 5.41. The number of nitrogens with zero attached hydrogens (tertiary/aromatic N) is 1. The normalized spacial score (nSPS) is 13.8. The Hall–Kier alpha value is -1.91. The lowest BCUT2D eigenvalue weighted by molar-refractivity contribution is -0.142. The van der Waals surface area contributed by atoms with Crippen LogP contribution in [0.25, 0.3) is 0 Å². The summed E-state index contributed by atoms with van der Waals surface area (Å²) in [6, 6.07) is 3.17. The number of carbonyl (C=O) groups is 2. The molecule has 1 aromatic heterocycles. The van der Waals surface area contributed by atoms with E-state index in [-0.39, 0.29) is 12.3 Å². The van der Waals surface area contributed by atoms with E-state index < -0.39 is 17.9 Å². The van der Waals surface area contributed by atoms with Crippen molar-refractivity contribution < 1.29 is 14.7 Å². The number of aromatic nitrogens is 1. The molecule has 2 unspecified atom stereocenters. The minimum absolute atomic E-state index is 0.196. The molecule has 0 aromatic carbocycles. The molecule has 0 bridgehead atoms. The quantitative estimate of drug-likeness (QED) is 0.794. The molecule has 1 amide bonds. The smallest absolute Gasteiger partial charge is 0.308 e. The van der Waals surface area contributed by atoms with Crippen molar-refractivity contribution in [2.75, 3.05) is 0 Å². The van der Waals surface area contributed by atoms with Crippen LogP contribution in [0, 0.1) is 5.92 Å². The van der Waals surface area contributed by atoms with E-state index in [4.69, 9.17) is 5.11 Å². The molecule has 92 valence electrons. The summed E-state index contributed by atoms with van der Waals surface area (Å²) in [6.45, 7) is 3.25. The lowest BCUT2D eigenvalue weighted by Gasteiger charge is -2.17. The average molecular weight is 236 g/mol. The molecule has 0 saturated heterocycles. The highest BCUT2D eigenvalue weighted by Crippen LogP contribution is 2.03. The van der Waals surface area contributed by atoms with Gasteiger partial charge < -0.3 is 10.4 Å². The van der Waals surface area contributed by atoms with Crippen molar-refractivity contribution in [1.82, 2.24) is 10.3 Å². The van der Waals surface area contributed by atoms with Gasteiger partial charge in [0.15, 0.2) is 0 Å². The maximum atomic E-state index is 11.6. The first-order valence-electron chi connectivity index (χ1n) is 5.41. The third kappa shape index (κ3) is 4.22. The Morgan fingerprint density at radius 3 is 2.71 bits per heavy atom. The van der Waals surface area contributed by atoms with Crippen LogP contribution < -0.4 is 5.32 Å². The number of amides is 1. The molecule has 0 saturated carbocycles. The van der Waals surface area contributed by atoms with Crippen molar-refractivity contribution in [1.29, 1.82) is 0 Å². The molecule has 0 spiro atoms. The topological polar surface area (TPSA) is 79.3 Å². The monoisotopic (exact) mass is 236 g/mol. The van der Waals surface area contributed by atoms with E-state index in [2.05, 4.69) is 10.3 Å². The van der Waals surface area contributed by atoms with Crippen LogP contribution in [-0.4, -0.2) is 28.0 Å². The van der Waals surface area contributed by atoms with Crippen molar-refractivity contribution in [2.45, 2.75) is 26.3 Å². The lowest BCUT2D eigenvalue weighted by atomic mass is 10.0. The zero-order chi connectivity index (χ0) is 12.8. The Labute approximate surface area is 99.9 Å². The maximum Gasteiger partial charge on any atom is 0.308 e. The molecule has 0 aliphatic heterocycles. The molecular weight excluding hydrogens is 220 g/mol. The highest BCUT2D eigenvalue weighted by atomic mass is 16.4. The summed E-state index contributed by atoms with van der Waals surface area (Å²) in [5.41, 5.74) is 0.806. The van der Waals surface area contributed by atoms with Gasteiger partial charge in [0.1, 0.15) is 0 Å². The van der Waals surface area contributed by atoms with Gasteiger partial charge >= 0.3 is 5.97 Å². The molecule has 0 aliphatic rings. The van der Waals surface area contributed by atoms with Gasteiger partial charge in [0.2, 0.25) is 5.91 Å². The van der Waals surface area contributed by atoms with Gasteiger partial charge in [0.05, 0.1) is 12.3 Å². The molecule has 0 radical (unpaired) electrons. The van der Waals surface area contributed by atoms with Crippen molar-refractivity contribution in [3.8, 4) is 0 Å². The Bertz CT molecular complexity index is 392. The van der Waals surface area contributed by atoms with Gasteiger partial charge in [-0.1, -0.05) is 6.07 Å². The number of rotatable bonds is 5. The van der Waals surface area contributed by atoms with E-state index >= 15 is 0 Å². The second-order valence-corrected chi connectivity index (χ2v) is 4.02. The first-order chi connectivity index (χ1) is 8.00. The summed E-state index contributed by atoms with van der Waals surface area (Å²) in [7, 11) is 0. The highest BCUT2D eigenvalue weighted by Gasteiger charge is 2.20. The fraction of sp³-hybridized carbons (Fsp3) is 0.417. The minimum atomic E-state index is -0.917. The minimum Gasteiger partial charge on any atom is -0.481 e. The van der Waals surface area contributed by atoms with Crippen LogP contribution in [0.5, 0.6) is 0 Å². The molecule has 5 heteroatoms. The number of hydrogen-bond acceptors (Lipinski definition) is 3. The summed E-state index contributed by atoms with van der Waals surface area (Å²) in [4.78, 5) is 26.2. The van der Waals surface area contributed by atoms with Crippen LogP contribution in [0.2, 0.25) is 0 Å². The van der Waals surface area contributed by atoms with E-state index in [0.717, 1.165) is 5.56 Å². The number of nitrogens with one attached hydrogen (secondary N) is 1. The summed E-state index contributed by atoms with van der Waals surface area (Å²) in [5, 5.41) is 11.5. The molecule has 0 aliphatic carbocycles. The van der Waals surface area contributed by atoms with Gasteiger partial charge in [-0.2, -0.15) is 0 Å². The maximum absolute atomic E-state index is 11.6. The lowest BCUT2D eigenvalue weighted by Crippen LogP contribution is -2.40. The van der Waals surface area contributed by atoms with E-state index in [1.807, 2.05) is 0 Å². The standard InChI is InChI=1S/C12H16N2O3/c1-8(12(16)17)9(2)14-11(15)6-10-4-3-5-13-7-10/h3-5,7-9H,6H2,1-2H3,(H,14,15)(H,16,17). The Kier molecular flexibility index (Phi) is 4.63. The fourth-order valence-corrected chi connectivity index (χ4v) is 1.33. The van der Waals surface area contributed by atoms with Gasteiger partial charge in [-0.3, -0.25) is 14.6 Å². The van der Waals surface area contributed by atoms with Gasteiger partial charge in [0, 0.05) is 18.4 Å². The number of pyridine rings is 1. The van der Waals surface area contributed by atoms with Crippen LogP contribution in [0.15, 0.2) is 24.5 Å². The van der Waals surface area contributed by atoms with Gasteiger partial charge in [-0.15, -0.1) is 0 Å². The van der Waals surface area contributed by atoms with E-state index in [0.29, 0.717) is 0 Å². The first kappa shape index (κ1) is 13.2. The SMILES string of the molecule is CC(NC(=O)Cc1cccnc1)C(C)C(=O)O. The van der Waals surface area contributed by atoms with Crippen LogP contribution >= 0.6 is 0 Å². The second kappa shape index (κ2) is 5.98. The van der Waals surface area contributed by atoms with Crippen molar-refractivity contribution in [3.05, 3.63) is 30.1 Å². The van der Waals surface area contributed by atoms with Crippen LogP contribution in [0.1, 0.15) is 19.4 Å². The second-order valence-electron chi connectivity index (χ2n) is 4.02. The molecule has 5 nitrogen and oxygen atoms in total. The molecule has 17 heavy (non-hydrogen) atoms. The Morgan fingerprint density at radius 2 is 2.18 bits per heavy atom. The van der Waals surface area contributed by atoms with Crippen LogP contribution in [0.4, 0.5) is 0 Å². The molecule has 1 aromatic rings.